The second-order valence-electron chi connectivity index (χ2n) is 8.33. The monoisotopic (exact) mass is 481 g/mol. The Morgan fingerprint density at radius 1 is 0.853 bits per heavy atom. The fourth-order valence-corrected chi connectivity index (χ4v) is 5.64. The molecule has 1 unspecified atom stereocenters. The summed E-state index contributed by atoms with van der Waals surface area (Å²) in [5.41, 5.74) is 2.16. The number of benzene rings is 3. The normalized spacial score (nSPS) is 16.1. The minimum Gasteiger partial charge on any atom is -0.348 e. The van der Waals surface area contributed by atoms with E-state index in [1.165, 1.54) is 22.5 Å². The van der Waals surface area contributed by atoms with E-state index in [2.05, 4.69) is 5.32 Å². The summed E-state index contributed by atoms with van der Waals surface area (Å²) in [6.45, 7) is 1.38. The highest BCUT2D eigenvalue weighted by Gasteiger charge is 2.31. The first-order valence-electron chi connectivity index (χ1n) is 11.3. The Hall–Kier alpha value is -3.07. The maximum Gasteiger partial charge on any atom is 0.246 e. The minimum absolute atomic E-state index is 0.116. The highest BCUT2D eigenvalue weighted by atomic mass is 32.2. The molecule has 1 heterocycles. The van der Waals surface area contributed by atoms with E-state index >= 15 is 0 Å². The SMILES string of the molecule is O=C(CN1CCN(S(=O)(=O)c2ccccc2F)CC1)NC(Cc1ccccc1)c1ccccc1. The van der Waals surface area contributed by atoms with E-state index in [4.69, 9.17) is 0 Å². The van der Waals surface area contributed by atoms with Gasteiger partial charge in [-0.2, -0.15) is 4.31 Å². The molecular weight excluding hydrogens is 453 g/mol. The first-order valence-corrected chi connectivity index (χ1v) is 12.7. The van der Waals surface area contributed by atoms with Crippen molar-refractivity contribution in [2.24, 2.45) is 0 Å². The number of hydrogen-bond donors (Lipinski definition) is 1. The Morgan fingerprint density at radius 3 is 2.09 bits per heavy atom. The van der Waals surface area contributed by atoms with Crippen LogP contribution in [0, 0.1) is 5.82 Å². The molecular formula is C26H28FN3O3S. The molecule has 34 heavy (non-hydrogen) atoms. The van der Waals surface area contributed by atoms with E-state index in [1.807, 2.05) is 65.6 Å². The van der Waals surface area contributed by atoms with Crippen LogP contribution in [-0.2, 0) is 21.2 Å². The van der Waals surface area contributed by atoms with Crippen LogP contribution in [0.4, 0.5) is 4.39 Å². The van der Waals surface area contributed by atoms with Crippen molar-refractivity contribution >= 4 is 15.9 Å². The number of amides is 1. The maximum absolute atomic E-state index is 14.0. The predicted octanol–water partition coefficient (Wildman–Crippen LogP) is 3.23. The van der Waals surface area contributed by atoms with Gasteiger partial charge in [0.1, 0.15) is 10.7 Å². The highest BCUT2D eigenvalue weighted by Crippen LogP contribution is 2.21. The number of rotatable bonds is 8. The van der Waals surface area contributed by atoms with Crippen LogP contribution in [0.3, 0.4) is 0 Å². The predicted molar refractivity (Wildman–Crippen MR) is 129 cm³/mol. The molecule has 1 atom stereocenters. The molecule has 0 bridgehead atoms. The lowest BCUT2D eigenvalue weighted by molar-refractivity contribution is -0.123. The van der Waals surface area contributed by atoms with Crippen molar-refractivity contribution in [1.29, 1.82) is 0 Å². The smallest absolute Gasteiger partial charge is 0.246 e. The van der Waals surface area contributed by atoms with Crippen LogP contribution in [0.1, 0.15) is 17.2 Å². The molecule has 3 aromatic carbocycles. The molecule has 4 rings (SSSR count). The zero-order valence-electron chi connectivity index (χ0n) is 18.8. The van der Waals surface area contributed by atoms with Gasteiger partial charge in [0.2, 0.25) is 15.9 Å². The lowest BCUT2D eigenvalue weighted by Crippen LogP contribution is -2.51. The van der Waals surface area contributed by atoms with Gasteiger partial charge in [0.25, 0.3) is 0 Å². The number of sulfonamides is 1. The van der Waals surface area contributed by atoms with Gasteiger partial charge in [-0.25, -0.2) is 12.8 Å². The molecule has 178 valence electrons. The minimum atomic E-state index is -3.90. The lowest BCUT2D eigenvalue weighted by Gasteiger charge is -2.34. The van der Waals surface area contributed by atoms with Gasteiger partial charge in [-0.3, -0.25) is 9.69 Å². The van der Waals surface area contributed by atoms with Gasteiger partial charge in [0.15, 0.2) is 0 Å². The zero-order valence-corrected chi connectivity index (χ0v) is 19.6. The summed E-state index contributed by atoms with van der Waals surface area (Å²) < 4.78 is 40.9. The summed E-state index contributed by atoms with van der Waals surface area (Å²) >= 11 is 0. The zero-order chi connectivity index (χ0) is 24.0. The Bertz CT molecular complexity index is 1200. The third kappa shape index (κ3) is 5.88. The summed E-state index contributed by atoms with van der Waals surface area (Å²) in [6, 6.07) is 25.1. The van der Waals surface area contributed by atoms with E-state index in [-0.39, 0.29) is 36.5 Å². The molecule has 0 spiro atoms. The Morgan fingerprint density at radius 2 is 1.44 bits per heavy atom. The number of nitrogens with one attached hydrogen (secondary N) is 1. The van der Waals surface area contributed by atoms with Crippen LogP contribution in [0.15, 0.2) is 89.8 Å². The Balaban J connectivity index is 1.36. The van der Waals surface area contributed by atoms with Crippen molar-refractivity contribution in [1.82, 2.24) is 14.5 Å². The fraction of sp³-hybridized carbons (Fsp3) is 0.269. The quantitative estimate of drug-likeness (QED) is 0.536. The summed E-state index contributed by atoms with van der Waals surface area (Å²) in [5.74, 6) is -0.870. The average Bonchev–Trinajstić information content (AvgIpc) is 2.85. The third-order valence-electron chi connectivity index (χ3n) is 5.97. The van der Waals surface area contributed by atoms with Crippen LogP contribution in [0.2, 0.25) is 0 Å². The molecule has 1 amide bonds. The van der Waals surface area contributed by atoms with Crippen molar-refractivity contribution in [3.05, 3.63) is 102 Å². The average molecular weight is 482 g/mol. The van der Waals surface area contributed by atoms with E-state index in [0.717, 1.165) is 17.2 Å². The van der Waals surface area contributed by atoms with Gasteiger partial charge >= 0.3 is 0 Å². The van der Waals surface area contributed by atoms with Gasteiger partial charge in [-0.15, -0.1) is 0 Å². The van der Waals surface area contributed by atoms with E-state index in [9.17, 15) is 17.6 Å². The summed E-state index contributed by atoms with van der Waals surface area (Å²) in [4.78, 5) is 14.5. The molecule has 1 fully saturated rings. The topological polar surface area (TPSA) is 69.7 Å². The van der Waals surface area contributed by atoms with E-state index < -0.39 is 15.8 Å². The van der Waals surface area contributed by atoms with Gasteiger partial charge in [0, 0.05) is 26.2 Å². The van der Waals surface area contributed by atoms with Crippen molar-refractivity contribution in [2.45, 2.75) is 17.4 Å². The lowest BCUT2D eigenvalue weighted by atomic mass is 9.99. The number of hydrogen-bond acceptors (Lipinski definition) is 4. The molecule has 0 radical (unpaired) electrons. The maximum atomic E-state index is 14.0. The molecule has 0 aliphatic carbocycles. The molecule has 0 saturated carbocycles. The molecule has 6 nitrogen and oxygen atoms in total. The molecule has 3 aromatic rings. The summed E-state index contributed by atoms with van der Waals surface area (Å²) in [5, 5.41) is 3.14. The largest absolute Gasteiger partial charge is 0.348 e. The summed E-state index contributed by atoms with van der Waals surface area (Å²) in [7, 11) is -3.90. The molecule has 1 saturated heterocycles. The summed E-state index contributed by atoms with van der Waals surface area (Å²) in [6.07, 6.45) is 0.672. The van der Waals surface area contributed by atoms with Crippen LogP contribution < -0.4 is 5.32 Å². The standard InChI is InChI=1S/C26H28FN3O3S/c27-23-13-7-8-14-25(23)34(32,33)30-17-15-29(16-18-30)20-26(31)28-24(22-11-5-2-6-12-22)19-21-9-3-1-4-10-21/h1-14,24H,15-20H2,(H,28,31). The molecule has 1 N–H and O–H groups in total. The fourth-order valence-electron chi connectivity index (χ4n) is 4.15. The molecule has 1 aliphatic rings. The van der Waals surface area contributed by atoms with E-state index in [1.54, 1.807) is 0 Å². The second kappa shape index (κ2) is 10.9. The highest BCUT2D eigenvalue weighted by molar-refractivity contribution is 7.89. The van der Waals surface area contributed by atoms with Gasteiger partial charge in [-0.05, 0) is 29.7 Å². The van der Waals surface area contributed by atoms with Crippen molar-refractivity contribution in [3.63, 3.8) is 0 Å². The number of nitrogens with zero attached hydrogens (tertiary/aromatic N) is 2. The first-order chi connectivity index (χ1) is 16.4. The van der Waals surface area contributed by atoms with Gasteiger partial charge in [0.05, 0.1) is 12.6 Å². The van der Waals surface area contributed by atoms with Gasteiger partial charge in [-0.1, -0.05) is 72.8 Å². The van der Waals surface area contributed by atoms with Crippen LogP contribution in [-0.4, -0.2) is 56.3 Å². The Kier molecular flexibility index (Phi) is 7.72. The number of carbonyl (C=O) groups is 1. The van der Waals surface area contributed by atoms with Crippen LogP contribution in [0.25, 0.3) is 0 Å². The molecule has 1 aliphatic heterocycles. The Labute approximate surface area is 200 Å². The number of piperazine rings is 1. The third-order valence-corrected chi connectivity index (χ3v) is 7.90. The van der Waals surface area contributed by atoms with Crippen molar-refractivity contribution in [3.8, 4) is 0 Å². The number of halogens is 1. The number of carbonyl (C=O) groups excluding carboxylic acids is 1. The van der Waals surface area contributed by atoms with Crippen molar-refractivity contribution in [2.75, 3.05) is 32.7 Å². The second-order valence-corrected chi connectivity index (χ2v) is 10.2. The van der Waals surface area contributed by atoms with E-state index in [0.29, 0.717) is 19.5 Å². The molecule has 0 aromatic heterocycles. The van der Waals surface area contributed by atoms with Gasteiger partial charge < -0.3 is 5.32 Å². The van der Waals surface area contributed by atoms with Crippen LogP contribution in [0.5, 0.6) is 0 Å². The first kappa shape index (κ1) is 24.1. The van der Waals surface area contributed by atoms with Crippen LogP contribution >= 0.6 is 0 Å². The molecule has 8 heteroatoms. The van der Waals surface area contributed by atoms with Crippen molar-refractivity contribution < 1.29 is 17.6 Å².